The first-order valence-electron chi connectivity index (χ1n) is 6.60. The molecule has 1 aromatic rings. The van der Waals surface area contributed by atoms with Crippen LogP contribution in [0, 0.1) is 6.92 Å². The number of nitrogens with zero attached hydrogens (tertiary/aromatic N) is 2. The average molecular weight is 255 g/mol. The Morgan fingerprint density at radius 2 is 2.12 bits per heavy atom. The maximum Gasteiger partial charge on any atom is 0.0797 e. The minimum Gasteiger partial charge on any atom is -0.315 e. The van der Waals surface area contributed by atoms with Crippen LogP contribution in [0.3, 0.4) is 0 Å². The van der Waals surface area contributed by atoms with Gasteiger partial charge in [0.15, 0.2) is 0 Å². The van der Waals surface area contributed by atoms with Crippen LogP contribution in [0.5, 0.6) is 0 Å². The first-order valence-corrected chi connectivity index (χ1v) is 7.47. The van der Waals surface area contributed by atoms with E-state index in [-0.39, 0.29) is 0 Å². The SMILES string of the molecule is CCCN(CC)CCNCCc1scnc1C. The molecule has 0 spiro atoms. The third-order valence-electron chi connectivity index (χ3n) is 2.97. The van der Waals surface area contributed by atoms with Crippen LogP contribution in [0.1, 0.15) is 30.8 Å². The van der Waals surface area contributed by atoms with E-state index in [1.165, 1.54) is 23.5 Å². The zero-order chi connectivity index (χ0) is 12.5. The summed E-state index contributed by atoms with van der Waals surface area (Å²) < 4.78 is 0. The lowest BCUT2D eigenvalue weighted by molar-refractivity contribution is 0.288. The molecular weight excluding hydrogens is 230 g/mol. The van der Waals surface area contributed by atoms with E-state index in [0.717, 1.165) is 32.6 Å². The molecule has 0 aliphatic carbocycles. The fraction of sp³-hybridized carbons (Fsp3) is 0.769. The Hall–Kier alpha value is -0.450. The van der Waals surface area contributed by atoms with Crippen LogP contribution in [0.2, 0.25) is 0 Å². The Kier molecular flexibility index (Phi) is 7.40. The molecule has 0 atom stereocenters. The summed E-state index contributed by atoms with van der Waals surface area (Å²) in [6.07, 6.45) is 2.35. The number of rotatable bonds is 9. The van der Waals surface area contributed by atoms with Gasteiger partial charge in [-0.2, -0.15) is 0 Å². The molecule has 0 aliphatic rings. The molecule has 1 heterocycles. The summed E-state index contributed by atoms with van der Waals surface area (Å²) in [5.74, 6) is 0. The third-order valence-corrected chi connectivity index (χ3v) is 3.96. The third kappa shape index (κ3) is 5.61. The monoisotopic (exact) mass is 255 g/mol. The van der Waals surface area contributed by atoms with Crippen molar-refractivity contribution in [2.45, 2.75) is 33.6 Å². The largest absolute Gasteiger partial charge is 0.315 e. The van der Waals surface area contributed by atoms with E-state index in [9.17, 15) is 0 Å². The van der Waals surface area contributed by atoms with Gasteiger partial charge in [-0.05, 0) is 32.9 Å². The Morgan fingerprint density at radius 1 is 1.29 bits per heavy atom. The Balaban J connectivity index is 2.06. The van der Waals surface area contributed by atoms with Crippen molar-refractivity contribution in [1.82, 2.24) is 15.2 Å². The van der Waals surface area contributed by atoms with Crippen LogP contribution < -0.4 is 5.32 Å². The predicted molar refractivity (Wildman–Crippen MR) is 75.8 cm³/mol. The topological polar surface area (TPSA) is 28.2 Å². The molecule has 1 aromatic heterocycles. The van der Waals surface area contributed by atoms with Gasteiger partial charge in [0.25, 0.3) is 0 Å². The summed E-state index contributed by atoms with van der Waals surface area (Å²) in [6, 6.07) is 0. The molecular formula is C13H25N3S. The molecule has 3 nitrogen and oxygen atoms in total. The highest BCUT2D eigenvalue weighted by Gasteiger charge is 2.02. The highest BCUT2D eigenvalue weighted by molar-refractivity contribution is 7.09. The number of nitrogens with one attached hydrogen (secondary N) is 1. The molecule has 0 unspecified atom stereocenters. The lowest BCUT2D eigenvalue weighted by atomic mass is 10.3. The number of aromatic nitrogens is 1. The van der Waals surface area contributed by atoms with Gasteiger partial charge in [-0.15, -0.1) is 11.3 Å². The molecule has 0 saturated heterocycles. The number of thiazole rings is 1. The Bertz CT molecular complexity index is 299. The number of hydrogen-bond donors (Lipinski definition) is 1. The maximum absolute atomic E-state index is 4.26. The number of likely N-dealkylation sites (N-methyl/N-ethyl adjacent to an activating group) is 1. The fourth-order valence-corrected chi connectivity index (χ4v) is 2.66. The van der Waals surface area contributed by atoms with E-state index in [1.54, 1.807) is 11.3 Å². The molecule has 0 bridgehead atoms. The zero-order valence-electron chi connectivity index (χ0n) is 11.3. The van der Waals surface area contributed by atoms with E-state index in [2.05, 4.69) is 36.0 Å². The number of hydrogen-bond acceptors (Lipinski definition) is 4. The normalized spacial score (nSPS) is 11.3. The molecule has 17 heavy (non-hydrogen) atoms. The van der Waals surface area contributed by atoms with Gasteiger partial charge in [0.1, 0.15) is 0 Å². The summed E-state index contributed by atoms with van der Waals surface area (Å²) >= 11 is 1.76. The van der Waals surface area contributed by atoms with Crippen molar-refractivity contribution >= 4 is 11.3 Å². The van der Waals surface area contributed by atoms with Gasteiger partial charge < -0.3 is 10.2 Å². The van der Waals surface area contributed by atoms with Crippen LogP contribution in [-0.4, -0.2) is 42.6 Å². The van der Waals surface area contributed by atoms with E-state index >= 15 is 0 Å². The summed E-state index contributed by atoms with van der Waals surface area (Å²) in [5.41, 5.74) is 3.13. The van der Waals surface area contributed by atoms with Crippen molar-refractivity contribution in [2.24, 2.45) is 0 Å². The van der Waals surface area contributed by atoms with Gasteiger partial charge in [0.2, 0.25) is 0 Å². The second kappa shape index (κ2) is 8.61. The minimum absolute atomic E-state index is 1.06. The zero-order valence-corrected chi connectivity index (χ0v) is 12.1. The fourth-order valence-electron chi connectivity index (χ4n) is 1.87. The standard InChI is InChI=1S/C13H25N3S/c1-4-9-16(5-2)10-8-14-7-6-13-12(3)15-11-17-13/h11,14H,4-10H2,1-3H3. The van der Waals surface area contributed by atoms with Crippen molar-refractivity contribution in [3.05, 3.63) is 16.1 Å². The van der Waals surface area contributed by atoms with Crippen molar-refractivity contribution < 1.29 is 0 Å². The van der Waals surface area contributed by atoms with E-state index in [4.69, 9.17) is 0 Å². The van der Waals surface area contributed by atoms with Crippen LogP contribution >= 0.6 is 11.3 Å². The van der Waals surface area contributed by atoms with Gasteiger partial charge in [0, 0.05) is 24.5 Å². The molecule has 0 fully saturated rings. The lowest BCUT2D eigenvalue weighted by Crippen LogP contribution is -2.33. The van der Waals surface area contributed by atoms with E-state index < -0.39 is 0 Å². The predicted octanol–water partition coefficient (Wildman–Crippen LogP) is 2.32. The van der Waals surface area contributed by atoms with Crippen LogP contribution in [0.25, 0.3) is 0 Å². The second-order valence-corrected chi connectivity index (χ2v) is 5.23. The first kappa shape index (κ1) is 14.6. The molecule has 4 heteroatoms. The Labute approximate surface area is 109 Å². The van der Waals surface area contributed by atoms with Crippen LogP contribution in [0.15, 0.2) is 5.51 Å². The second-order valence-electron chi connectivity index (χ2n) is 4.30. The maximum atomic E-state index is 4.26. The highest BCUT2D eigenvalue weighted by Crippen LogP contribution is 2.11. The van der Waals surface area contributed by atoms with Crippen LogP contribution in [0.4, 0.5) is 0 Å². The molecule has 0 radical (unpaired) electrons. The Morgan fingerprint density at radius 3 is 2.71 bits per heavy atom. The summed E-state index contributed by atoms with van der Waals surface area (Å²) in [5, 5.41) is 3.51. The van der Waals surface area contributed by atoms with Gasteiger partial charge in [-0.25, -0.2) is 4.98 Å². The molecule has 0 amide bonds. The minimum atomic E-state index is 1.06. The molecule has 1 rings (SSSR count). The smallest absolute Gasteiger partial charge is 0.0797 e. The molecule has 1 N–H and O–H groups in total. The molecule has 0 aliphatic heterocycles. The van der Waals surface area contributed by atoms with Gasteiger partial charge >= 0.3 is 0 Å². The van der Waals surface area contributed by atoms with Crippen LogP contribution in [-0.2, 0) is 6.42 Å². The highest BCUT2D eigenvalue weighted by atomic mass is 32.1. The molecule has 0 saturated carbocycles. The average Bonchev–Trinajstić information content (AvgIpc) is 2.73. The first-order chi connectivity index (χ1) is 8.27. The van der Waals surface area contributed by atoms with Crippen molar-refractivity contribution in [3.63, 3.8) is 0 Å². The van der Waals surface area contributed by atoms with Gasteiger partial charge in [0.05, 0.1) is 11.2 Å². The molecule has 0 aromatic carbocycles. The van der Waals surface area contributed by atoms with Crippen molar-refractivity contribution in [1.29, 1.82) is 0 Å². The molecule has 98 valence electrons. The van der Waals surface area contributed by atoms with Gasteiger partial charge in [-0.1, -0.05) is 13.8 Å². The summed E-state index contributed by atoms with van der Waals surface area (Å²) in [6.45, 7) is 12.2. The van der Waals surface area contributed by atoms with Crippen molar-refractivity contribution in [2.75, 3.05) is 32.7 Å². The number of aryl methyl sites for hydroxylation is 1. The van der Waals surface area contributed by atoms with Gasteiger partial charge in [-0.3, -0.25) is 0 Å². The van der Waals surface area contributed by atoms with Crippen molar-refractivity contribution in [3.8, 4) is 0 Å². The quantitative estimate of drug-likeness (QED) is 0.686. The summed E-state index contributed by atoms with van der Waals surface area (Å²) in [4.78, 5) is 8.17. The van der Waals surface area contributed by atoms with E-state index in [1.807, 2.05) is 5.51 Å². The lowest BCUT2D eigenvalue weighted by Gasteiger charge is -2.19. The van der Waals surface area contributed by atoms with E-state index in [0.29, 0.717) is 0 Å². The summed E-state index contributed by atoms with van der Waals surface area (Å²) in [7, 11) is 0.